The van der Waals surface area contributed by atoms with Crippen LogP contribution >= 0.6 is 22.9 Å². The van der Waals surface area contributed by atoms with Crippen molar-refractivity contribution in [3.63, 3.8) is 0 Å². The Hall–Kier alpha value is -3.08. The van der Waals surface area contributed by atoms with Gasteiger partial charge in [-0.1, -0.05) is 16.8 Å². The molecule has 6 rings (SSSR count). The van der Waals surface area contributed by atoms with Crippen molar-refractivity contribution in [1.82, 2.24) is 20.1 Å². The highest BCUT2D eigenvalue weighted by atomic mass is 35.5. The third-order valence-electron chi connectivity index (χ3n) is 7.75. The zero-order valence-corrected chi connectivity index (χ0v) is 21.9. The highest BCUT2D eigenvalue weighted by Crippen LogP contribution is 2.62. The minimum Gasteiger partial charge on any atom is -0.382 e. The van der Waals surface area contributed by atoms with Crippen LogP contribution in [-0.2, 0) is 5.41 Å². The first-order valence-electron chi connectivity index (χ1n) is 11.9. The van der Waals surface area contributed by atoms with Crippen LogP contribution < -0.4 is 16.4 Å². The fourth-order valence-electron chi connectivity index (χ4n) is 5.94. The molecular formula is C25H27ClN8OS. The first kappa shape index (κ1) is 23.3. The van der Waals surface area contributed by atoms with Crippen LogP contribution in [0.25, 0.3) is 10.2 Å². The smallest absolute Gasteiger partial charge is 0.154 e. The molecule has 1 aromatic carbocycles. The van der Waals surface area contributed by atoms with E-state index in [1.54, 1.807) is 6.07 Å². The second-order valence-corrected chi connectivity index (χ2v) is 11.3. The summed E-state index contributed by atoms with van der Waals surface area (Å²) >= 11 is 8.17. The molecule has 1 saturated carbocycles. The highest BCUT2D eigenvalue weighted by Gasteiger charge is 2.67. The maximum Gasteiger partial charge on any atom is 0.154 e. The van der Waals surface area contributed by atoms with Crippen molar-refractivity contribution in [2.24, 2.45) is 17.6 Å². The molecule has 1 aliphatic carbocycles. The van der Waals surface area contributed by atoms with Crippen LogP contribution in [0, 0.1) is 38.0 Å². The van der Waals surface area contributed by atoms with Crippen LogP contribution in [0.1, 0.15) is 39.8 Å². The summed E-state index contributed by atoms with van der Waals surface area (Å²) in [6.07, 6.45) is 0.982. The SMILES string of the molecule is Cc1cc(C2(CN)C3CCN(c4nc(N)c(C(=N)c5ccc6nc(C)sc6c5Cl)nc4C)CC32)no1. The third kappa shape index (κ3) is 3.35. The van der Waals surface area contributed by atoms with E-state index in [4.69, 9.17) is 43.0 Å². The van der Waals surface area contributed by atoms with E-state index in [1.807, 2.05) is 32.9 Å². The van der Waals surface area contributed by atoms with Gasteiger partial charge in [0.25, 0.3) is 0 Å². The number of benzene rings is 1. The molecule has 1 aliphatic heterocycles. The normalized spacial score (nSPS) is 23.2. The Morgan fingerprint density at radius 3 is 2.78 bits per heavy atom. The lowest BCUT2D eigenvalue weighted by Gasteiger charge is -2.28. The Bertz CT molecular complexity index is 1530. The van der Waals surface area contributed by atoms with Crippen LogP contribution in [-0.4, -0.2) is 45.5 Å². The number of fused-ring (bicyclic) bond motifs is 2. The van der Waals surface area contributed by atoms with E-state index in [1.165, 1.54) is 11.3 Å². The van der Waals surface area contributed by atoms with Gasteiger partial charge in [0, 0.05) is 36.7 Å². The standard InChI is InChI=1S/C25H27ClN8OS/c1-11-8-18(33-35-11)25(10-27)15-6-7-34(9-16(15)25)24-12(2)30-21(23(29)32-24)20(28)14-4-5-17-22(19(14)26)36-13(3)31-17/h4-5,8,15-16,28H,6-7,9-10,27H2,1-3H3,(H2,29,32). The maximum absolute atomic E-state index is 8.83. The fraction of sp³-hybridized carbons (Fsp3) is 0.400. The number of nitrogen functional groups attached to an aromatic ring is 1. The first-order chi connectivity index (χ1) is 17.2. The number of hydrogen-bond acceptors (Lipinski definition) is 10. The molecule has 3 atom stereocenters. The van der Waals surface area contributed by atoms with Gasteiger partial charge in [0.1, 0.15) is 11.5 Å². The molecule has 3 unspecified atom stereocenters. The number of anilines is 2. The number of aryl methyl sites for hydroxylation is 3. The predicted molar refractivity (Wildman–Crippen MR) is 142 cm³/mol. The van der Waals surface area contributed by atoms with E-state index < -0.39 is 0 Å². The molecule has 4 aromatic rings. The quantitative estimate of drug-likeness (QED) is 0.333. The van der Waals surface area contributed by atoms with Crippen molar-refractivity contribution in [2.75, 3.05) is 30.3 Å². The molecule has 5 N–H and O–H groups in total. The Morgan fingerprint density at radius 1 is 1.25 bits per heavy atom. The van der Waals surface area contributed by atoms with Crippen molar-refractivity contribution >= 4 is 50.5 Å². The summed E-state index contributed by atoms with van der Waals surface area (Å²) in [5.41, 5.74) is 16.1. The molecule has 0 amide bonds. The number of rotatable bonds is 5. The second-order valence-electron chi connectivity index (χ2n) is 9.76. The van der Waals surface area contributed by atoms with Gasteiger partial charge in [-0.25, -0.2) is 15.0 Å². The largest absolute Gasteiger partial charge is 0.382 e. The van der Waals surface area contributed by atoms with Gasteiger partial charge in [-0.2, -0.15) is 0 Å². The molecule has 0 bridgehead atoms. The monoisotopic (exact) mass is 522 g/mol. The fourth-order valence-corrected chi connectivity index (χ4v) is 7.17. The summed E-state index contributed by atoms with van der Waals surface area (Å²) in [6, 6.07) is 5.68. The molecule has 2 fully saturated rings. The van der Waals surface area contributed by atoms with Crippen molar-refractivity contribution in [3.05, 3.63) is 56.6 Å². The van der Waals surface area contributed by atoms with E-state index in [0.29, 0.717) is 34.7 Å². The Labute approximate surface area is 217 Å². The average molecular weight is 523 g/mol. The van der Waals surface area contributed by atoms with Crippen LogP contribution in [0.4, 0.5) is 11.6 Å². The van der Waals surface area contributed by atoms with Crippen LogP contribution in [0.2, 0.25) is 5.02 Å². The second kappa shape index (κ2) is 8.22. The molecule has 3 aromatic heterocycles. The van der Waals surface area contributed by atoms with E-state index in [9.17, 15) is 0 Å². The summed E-state index contributed by atoms with van der Waals surface area (Å²) in [6.45, 7) is 7.92. The number of aromatic nitrogens is 4. The van der Waals surface area contributed by atoms with Crippen LogP contribution in [0.5, 0.6) is 0 Å². The van der Waals surface area contributed by atoms with Crippen LogP contribution in [0.15, 0.2) is 22.7 Å². The van der Waals surface area contributed by atoms with Crippen molar-refractivity contribution in [2.45, 2.75) is 32.6 Å². The molecule has 11 heteroatoms. The summed E-state index contributed by atoms with van der Waals surface area (Å²) in [5.74, 6) is 2.61. The van der Waals surface area contributed by atoms with Crippen LogP contribution in [0.3, 0.4) is 0 Å². The molecule has 0 radical (unpaired) electrons. The molecule has 1 saturated heterocycles. The lowest BCUT2D eigenvalue weighted by molar-refractivity contribution is 0.379. The van der Waals surface area contributed by atoms with Gasteiger partial charge in [0.05, 0.1) is 37.3 Å². The predicted octanol–water partition coefficient (Wildman–Crippen LogP) is 4.00. The van der Waals surface area contributed by atoms with Gasteiger partial charge in [0.2, 0.25) is 0 Å². The molecule has 2 aliphatic rings. The number of thiazole rings is 1. The number of halogens is 1. The zero-order chi connectivity index (χ0) is 25.4. The lowest BCUT2D eigenvalue weighted by atomic mass is 9.97. The molecule has 4 heterocycles. The van der Waals surface area contributed by atoms with Gasteiger partial charge in [-0.15, -0.1) is 11.3 Å². The van der Waals surface area contributed by atoms with Gasteiger partial charge in [0.15, 0.2) is 11.6 Å². The van der Waals surface area contributed by atoms with E-state index in [0.717, 1.165) is 57.7 Å². The summed E-state index contributed by atoms with van der Waals surface area (Å²) in [7, 11) is 0. The summed E-state index contributed by atoms with van der Waals surface area (Å²) in [4.78, 5) is 16.2. The van der Waals surface area contributed by atoms with E-state index in [2.05, 4.69) is 15.0 Å². The zero-order valence-electron chi connectivity index (χ0n) is 20.3. The molecular weight excluding hydrogens is 496 g/mol. The molecule has 0 spiro atoms. The Balaban J connectivity index is 1.29. The maximum atomic E-state index is 8.83. The molecule has 9 nitrogen and oxygen atoms in total. The summed E-state index contributed by atoms with van der Waals surface area (Å²) < 4.78 is 6.22. The molecule has 36 heavy (non-hydrogen) atoms. The number of nitrogens with one attached hydrogen (secondary N) is 1. The number of nitrogens with two attached hydrogens (primary N) is 2. The summed E-state index contributed by atoms with van der Waals surface area (Å²) in [5, 5.41) is 14.5. The number of piperidine rings is 1. The van der Waals surface area contributed by atoms with Gasteiger partial charge >= 0.3 is 0 Å². The number of nitrogens with zero attached hydrogens (tertiary/aromatic N) is 5. The first-order valence-corrected chi connectivity index (χ1v) is 13.1. The highest BCUT2D eigenvalue weighted by molar-refractivity contribution is 7.19. The topological polar surface area (TPSA) is 144 Å². The van der Waals surface area contributed by atoms with E-state index >= 15 is 0 Å². The Kier molecular flexibility index (Phi) is 5.33. The third-order valence-corrected chi connectivity index (χ3v) is 9.26. The van der Waals surface area contributed by atoms with Gasteiger partial charge < -0.3 is 20.9 Å². The lowest BCUT2D eigenvalue weighted by Crippen LogP contribution is -2.34. The van der Waals surface area contributed by atoms with Gasteiger partial charge in [-0.3, -0.25) is 5.41 Å². The minimum atomic E-state index is -0.147. The number of hydrogen-bond donors (Lipinski definition) is 3. The van der Waals surface area contributed by atoms with E-state index in [-0.39, 0.29) is 16.9 Å². The molecule has 186 valence electrons. The Morgan fingerprint density at radius 2 is 2.06 bits per heavy atom. The minimum absolute atomic E-state index is 0.147. The van der Waals surface area contributed by atoms with Crippen molar-refractivity contribution in [1.29, 1.82) is 5.41 Å². The van der Waals surface area contributed by atoms with Gasteiger partial charge in [-0.05, 0) is 51.2 Å². The average Bonchev–Trinajstić information content (AvgIpc) is 3.08. The van der Waals surface area contributed by atoms with Crippen molar-refractivity contribution in [3.8, 4) is 0 Å². The van der Waals surface area contributed by atoms with Crippen molar-refractivity contribution < 1.29 is 4.52 Å².